The Morgan fingerprint density at radius 3 is 2.44 bits per heavy atom. The molecule has 4 nitrogen and oxygen atoms in total. The first-order valence-electron chi connectivity index (χ1n) is 9.01. The number of halogens is 2. The van der Waals surface area contributed by atoms with E-state index in [1.54, 1.807) is 0 Å². The summed E-state index contributed by atoms with van der Waals surface area (Å²) in [6.45, 7) is 4.28. The van der Waals surface area contributed by atoms with Crippen molar-refractivity contribution in [1.29, 1.82) is 0 Å². The predicted molar refractivity (Wildman–Crippen MR) is 103 cm³/mol. The van der Waals surface area contributed by atoms with Crippen molar-refractivity contribution in [2.45, 2.75) is 0 Å². The molecule has 1 heterocycles. The Hall–Kier alpha value is -2.57. The molecule has 0 bridgehead atoms. The van der Waals surface area contributed by atoms with Gasteiger partial charge in [-0.3, -0.25) is 14.6 Å². The molecule has 0 spiro atoms. The summed E-state index contributed by atoms with van der Waals surface area (Å²) >= 11 is 0. The third kappa shape index (κ3) is 5.98. The molecule has 2 aromatic carbocycles. The number of carbonyl (C=O) groups excluding carboxylic acids is 1. The molecule has 0 aromatic heterocycles. The van der Waals surface area contributed by atoms with E-state index in [4.69, 9.17) is 0 Å². The normalized spacial score (nSPS) is 15.9. The number of carbonyl (C=O) groups is 1. The molecule has 142 valence electrons. The van der Waals surface area contributed by atoms with Gasteiger partial charge in [0, 0.05) is 38.8 Å². The molecule has 1 fully saturated rings. The Kier molecular flexibility index (Phi) is 6.68. The average Bonchev–Trinajstić information content (AvgIpc) is 2.67. The van der Waals surface area contributed by atoms with Gasteiger partial charge in [0.15, 0.2) is 0 Å². The number of hydrogen-bond donors (Lipinski definition) is 1. The SMILES string of the molecule is O=C(CN1CCN(C/C=C/c2ccccc2)CC1)Nc1cc(F)ccc1F. The van der Waals surface area contributed by atoms with Gasteiger partial charge in [-0.05, 0) is 17.7 Å². The number of piperazine rings is 1. The Morgan fingerprint density at radius 1 is 1.00 bits per heavy atom. The summed E-state index contributed by atoms with van der Waals surface area (Å²) in [5.41, 5.74) is 1.06. The molecule has 0 unspecified atom stereocenters. The van der Waals surface area contributed by atoms with E-state index in [2.05, 4.69) is 34.5 Å². The lowest BCUT2D eigenvalue weighted by Gasteiger charge is -2.33. The summed E-state index contributed by atoms with van der Waals surface area (Å²) in [4.78, 5) is 16.4. The maximum Gasteiger partial charge on any atom is 0.238 e. The summed E-state index contributed by atoms with van der Waals surface area (Å²) in [5, 5.41) is 2.44. The van der Waals surface area contributed by atoms with Crippen LogP contribution in [0.5, 0.6) is 0 Å². The minimum absolute atomic E-state index is 0.121. The van der Waals surface area contributed by atoms with Crippen molar-refractivity contribution < 1.29 is 13.6 Å². The predicted octanol–water partition coefficient (Wildman–Crippen LogP) is 3.23. The van der Waals surface area contributed by atoms with Crippen molar-refractivity contribution >= 4 is 17.7 Å². The minimum atomic E-state index is -0.639. The first-order chi connectivity index (χ1) is 13.1. The van der Waals surface area contributed by atoms with Crippen molar-refractivity contribution in [2.24, 2.45) is 0 Å². The molecule has 1 aliphatic rings. The van der Waals surface area contributed by atoms with Gasteiger partial charge < -0.3 is 5.32 Å². The molecule has 1 N–H and O–H groups in total. The van der Waals surface area contributed by atoms with Crippen LogP contribution in [0.4, 0.5) is 14.5 Å². The van der Waals surface area contributed by atoms with E-state index in [0.717, 1.165) is 50.9 Å². The van der Waals surface area contributed by atoms with E-state index < -0.39 is 11.6 Å². The smallest absolute Gasteiger partial charge is 0.238 e. The summed E-state index contributed by atoms with van der Waals surface area (Å²) in [5.74, 6) is -1.56. The van der Waals surface area contributed by atoms with Gasteiger partial charge >= 0.3 is 0 Å². The topological polar surface area (TPSA) is 35.6 Å². The second-order valence-electron chi connectivity index (χ2n) is 6.56. The Labute approximate surface area is 158 Å². The van der Waals surface area contributed by atoms with E-state index in [1.807, 2.05) is 23.1 Å². The summed E-state index contributed by atoms with van der Waals surface area (Å²) < 4.78 is 26.8. The van der Waals surface area contributed by atoms with Gasteiger partial charge in [-0.25, -0.2) is 8.78 Å². The van der Waals surface area contributed by atoms with Crippen molar-refractivity contribution in [3.05, 3.63) is 71.8 Å². The molecule has 0 radical (unpaired) electrons. The molecule has 1 amide bonds. The highest BCUT2D eigenvalue weighted by molar-refractivity contribution is 5.92. The minimum Gasteiger partial charge on any atom is -0.322 e. The number of hydrogen-bond acceptors (Lipinski definition) is 3. The highest BCUT2D eigenvalue weighted by Crippen LogP contribution is 2.15. The second kappa shape index (κ2) is 9.39. The lowest BCUT2D eigenvalue weighted by molar-refractivity contribution is -0.117. The van der Waals surface area contributed by atoms with Crippen molar-refractivity contribution in [3.63, 3.8) is 0 Å². The first-order valence-corrected chi connectivity index (χ1v) is 9.01. The van der Waals surface area contributed by atoms with E-state index in [9.17, 15) is 13.6 Å². The van der Waals surface area contributed by atoms with Gasteiger partial charge in [-0.2, -0.15) is 0 Å². The fourth-order valence-corrected chi connectivity index (χ4v) is 3.02. The molecular weight excluding hydrogens is 348 g/mol. The van der Waals surface area contributed by atoms with Gasteiger partial charge in [-0.15, -0.1) is 0 Å². The third-order valence-corrected chi connectivity index (χ3v) is 4.51. The molecule has 1 aliphatic heterocycles. The number of anilines is 1. The fourth-order valence-electron chi connectivity index (χ4n) is 3.02. The molecule has 2 aromatic rings. The van der Waals surface area contributed by atoms with Crippen molar-refractivity contribution in [1.82, 2.24) is 9.80 Å². The number of amides is 1. The Morgan fingerprint density at radius 2 is 1.70 bits per heavy atom. The average molecular weight is 371 g/mol. The van der Waals surface area contributed by atoms with Gasteiger partial charge in [-0.1, -0.05) is 42.5 Å². The van der Waals surface area contributed by atoms with Crippen LogP contribution in [0.25, 0.3) is 6.08 Å². The van der Waals surface area contributed by atoms with Crippen LogP contribution in [0.2, 0.25) is 0 Å². The summed E-state index contributed by atoms with van der Waals surface area (Å²) in [7, 11) is 0. The lowest BCUT2D eigenvalue weighted by atomic mass is 10.2. The van der Waals surface area contributed by atoms with Crippen LogP contribution in [0, 0.1) is 11.6 Å². The quantitative estimate of drug-likeness (QED) is 0.847. The van der Waals surface area contributed by atoms with Gasteiger partial charge in [0.25, 0.3) is 0 Å². The zero-order chi connectivity index (χ0) is 19.1. The molecule has 0 aliphatic carbocycles. The Bertz CT molecular complexity index is 787. The number of nitrogens with one attached hydrogen (secondary N) is 1. The van der Waals surface area contributed by atoms with Crippen LogP contribution in [0.3, 0.4) is 0 Å². The number of benzene rings is 2. The fraction of sp³-hybridized carbons (Fsp3) is 0.286. The zero-order valence-corrected chi connectivity index (χ0v) is 15.1. The molecule has 1 saturated heterocycles. The number of rotatable bonds is 6. The monoisotopic (exact) mass is 371 g/mol. The largest absolute Gasteiger partial charge is 0.322 e. The number of nitrogens with zero attached hydrogens (tertiary/aromatic N) is 2. The van der Waals surface area contributed by atoms with Crippen LogP contribution in [0.15, 0.2) is 54.6 Å². The first kappa shape index (κ1) is 19.2. The van der Waals surface area contributed by atoms with Gasteiger partial charge in [0.1, 0.15) is 11.6 Å². The maximum atomic E-state index is 13.6. The van der Waals surface area contributed by atoms with Gasteiger partial charge in [0.2, 0.25) is 5.91 Å². The highest BCUT2D eigenvalue weighted by atomic mass is 19.1. The van der Waals surface area contributed by atoms with E-state index in [0.29, 0.717) is 0 Å². The Balaban J connectivity index is 1.40. The third-order valence-electron chi connectivity index (χ3n) is 4.51. The van der Waals surface area contributed by atoms with Crippen LogP contribution >= 0.6 is 0 Å². The molecule has 0 atom stereocenters. The van der Waals surface area contributed by atoms with E-state index in [1.165, 1.54) is 5.56 Å². The van der Waals surface area contributed by atoms with Crippen LogP contribution in [-0.4, -0.2) is 55.0 Å². The van der Waals surface area contributed by atoms with E-state index >= 15 is 0 Å². The van der Waals surface area contributed by atoms with Crippen molar-refractivity contribution in [2.75, 3.05) is 44.6 Å². The summed E-state index contributed by atoms with van der Waals surface area (Å²) in [6.07, 6.45) is 4.25. The molecule has 6 heteroatoms. The molecule has 27 heavy (non-hydrogen) atoms. The molecule has 0 saturated carbocycles. The van der Waals surface area contributed by atoms with Crippen LogP contribution < -0.4 is 5.32 Å². The molecular formula is C21H23F2N3O. The van der Waals surface area contributed by atoms with Gasteiger partial charge in [0.05, 0.1) is 12.2 Å². The lowest BCUT2D eigenvalue weighted by Crippen LogP contribution is -2.48. The van der Waals surface area contributed by atoms with Crippen LogP contribution in [0.1, 0.15) is 5.56 Å². The maximum absolute atomic E-state index is 13.6. The van der Waals surface area contributed by atoms with E-state index in [-0.39, 0.29) is 18.1 Å². The summed E-state index contributed by atoms with van der Waals surface area (Å²) in [6, 6.07) is 13.2. The molecule has 3 rings (SSSR count). The standard InChI is InChI=1S/C21H23F2N3O/c22-18-8-9-19(23)20(15-18)24-21(27)16-26-13-11-25(12-14-26)10-4-7-17-5-2-1-3-6-17/h1-9,15H,10-14,16H2,(H,24,27)/b7-4+. The highest BCUT2D eigenvalue weighted by Gasteiger charge is 2.18. The second-order valence-corrected chi connectivity index (χ2v) is 6.56. The zero-order valence-electron chi connectivity index (χ0n) is 15.1. The van der Waals surface area contributed by atoms with Crippen molar-refractivity contribution in [3.8, 4) is 0 Å². The van der Waals surface area contributed by atoms with Crippen LogP contribution in [-0.2, 0) is 4.79 Å².